The van der Waals surface area contributed by atoms with Gasteiger partial charge >= 0.3 is 6.09 Å². The SMILES string of the molecule is CN(C)c1ccc(C(=O)N2CCC(NC(=O)OC(C)(C)C)C2)nn1. The molecule has 24 heavy (non-hydrogen) atoms. The summed E-state index contributed by atoms with van der Waals surface area (Å²) in [6, 6.07) is 3.31. The zero-order chi connectivity index (χ0) is 17.9. The number of rotatable bonds is 3. The Hall–Kier alpha value is -2.38. The van der Waals surface area contributed by atoms with Gasteiger partial charge < -0.3 is 19.9 Å². The van der Waals surface area contributed by atoms with Gasteiger partial charge in [0.2, 0.25) is 0 Å². The lowest BCUT2D eigenvalue weighted by atomic mass is 10.2. The number of anilines is 1. The summed E-state index contributed by atoms with van der Waals surface area (Å²) in [6.45, 7) is 6.44. The van der Waals surface area contributed by atoms with Crippen LogP contribution in [0.4, 0.5) is 10.6 Å². The molecule has 1 aliphatic heterocycles. The van der Waals surface area contributed by atoms with Gasteiger partial charge in [-0.05, 0) is 39.3 Å². The quantitative estimate of drug-likeness (QED) is 0.895. The van der Waals surface area contributed by atoms with Crippen molar-refractivity contribution in [1.29, 1.82) is 0 Å². The molecule has 2 amide bonds. The first kappa shape index (κ1) is 18.0. The van der Waals surface area contributed by atoms with E-state index in [9.17, 15) is 9.59 Å². The second-order valence-electron chi connectivity index (χ2n) is 7.05. The van der Waals surface area contributed by atoms with E-state index in [1.807, 2.05) is 39.8 Å². The van der Waals surface area contributed by atoms with Gasteiger partial charge in [0.15, 0.2) is 11.5 Å². The van der Waals surface area contributed by atoms with Crippen molar-refractivity contribution in [2.24, 2.45) is 0 Å². The van der Waals surface area contributed by atoms with E-state index in [4.69, 9.17) is 4.74 Å². The molecule has 0 saturated carbocycles. The number of nitrogens with one attached hydrogen (secondary N) is 1. The van der Waals surface area contributed by atoms with Crippen molar-refractivity contribution in [3.8, 4) is 0 Å². The van der Waals surface area contributed by atoms with Gasteiger partial charge in [-0.3, -0.25) is 4.79 Å². The molecule has 1 atom stereocenters. The molecule has 1 aromatic rings. The van der Waals surface area contributed by atoms with E-state index in [2.05, 4.69) is 15.5 Å². The summed E-state index contributed by atoms with van der Waals surface area (Å²) in [4.78, 5) is 27.7. The third-order valence-corrected chi connectivity index (χ3v) is 3.52. The van der Waals surface area contributed by atoms with Crippen molar-refractivity contribution in [1.82, 2.24) is 20.4 Å². The van der Waals surface area contributed by atoms with Crippen molar-refractivity contribution < 1.29 is 14.3 Å². The third-order valence-electron chi connectivity index (χ3n) is 3.52. The molecule has 2 rings (SSSR count). The fourth-order valence-electron chi connectivity index (χ4n) is 2.38. The van der Waals surface area contributed by atoms with E-state index in [-0.39, 0.29) is 11.9 Å². The highest BCUT2D eigenvalue weighted by Gasteiger charge is 2.30. The Bertz CT molecular complexity index is 595. The predicted octanol–water partition coefficient (Wildman–Crippen LogP) is 1.28. The Balaban J connectivity index is 1.90. The first-order valence-corrected chi connectivity index (χ1v) is 7.95. The number of nitrogens with zero attached hydrogens (tertiary/aromatic N) is 4. The van der Waals surface area contributed by atoms with Crippen LogP contribution < -0.4 is 10.2 Å². The molecule has 1 unspecified atom stereocenters. The first-order valence-electron chi connectivity index (χ1n) is 7.95. The van der Waals surface area contributed by atoms with E-state index in [0.717, 1.165) is 0 Å². The van der Waals surface area contributed by atoms with Crippen LogP contribution in [-0.4, -0.2) is 65.9 Å². The lowest BCUT2D eigenvalue weighted by Gasteiger charge is -2.22. The normalized spacial score (nSPS) is 17.5. The molecule has 1 fully saturated rings. The van der Waals surface area contributed by atoms with Crippen LogP contribution in [0.1, 0.15) is 37.7 Å². The molecule has 8 heteroatoms. The van der Waals surface area contributed by atoms with Crippen molar-refractivity contribution in [2.75, 3.05) is 32.1 Å². The van der Waals surface area contributed by atoms with Gasteiger partial charge in [0, 0.05) is 27.2 Å². The number of alkyl carbamates (subject to hydrolysis) is 1. The smallest absolute Gasteiger partial charge is 0.407 e. The molecule has 1 saturated heterocycles. The van der Waals surface area contributed by atoms with Gasteiger partial charge in [-0.15, -0.1) is 10.2 Å². The van der Waals surface area contributed by atoms with Gasteiger partial charge in [-0.1, -0.05) is 0 Å². The number of carbonyl (C=O) groups excluding carboxylic acids is 2. The molecule has 2 heterocycles. The fourth-order valence-corrected chi connectivity index (χ4v) is 2.38. The molecular weight excluding hydrogens is 310 g/mol. The molecule has 132 valence electrons. The second-order valence-corrected chi connectivity index (χ2v) is 7.05. The van der Waals surface area contributed by atoms with Crippen LogP contribution in [0.5, 0.6) is 0 Å². The zero-order valence-electron chi connectivity index (χ0n) is 14.9. The molecule has 0 aromatic carbocycles. The molecule has 0 spiro atoms. The summed E-state index contributed by atoms with van der Waals surface area (Å²) >= 11 is 0. The molecule has 1 aromatic heterocycles. The summed E-state index contributed by atoms with van der Waals surface area (Å²) in [5, 5.41) is 10.8. The lowest BCUT2D eigenvalue weighted by molar-refractivity contribution is 0.0502. The van der Waals surface area contributed by atoms with Crippen LogP contribution >= 0.6 is 0 Å². The van der Waals surface area contributed by atoms with Gasteiger partial charge in [0.05, 0.1) is 6.04 Å². The maximum Gasteiger partial charge on any atom is 0.407 e. The van der Waals surface area contributed by atoms with Gasteiger partial charge in [-0.25, -0.2) is 4.79 Å². The van der Waals surface area contributed by atoms with Crippen LogP contribution in [0.15, 0.2) is 12.1 Å². The van der Waals surface area contributed by atoms with Gasteiger partial charge in [-0.2, -0.15) is 0 Å². The topological polar surface area (TPSA) is 87.7 Å². The predicted molar refractivity (Wildman–Crippen MR) is 90.0 cm³/mol. The third kappa shape index (κ3) is 4.81. The molecule has 0 bridgehead atoms. The number of likely N-dealkylation sites (tertiary alicyclic amines) is 1. The van der Waals surface area contributed by atoms with Crippen molar-refractivity contribution >= 4 is 17.8 Å². The number of ether oxygens (including phenoxy) is 1. The van der Waals surface area contributed by atoms with Crippen molar-refractivity contribution in [3.63, 3.8) is 0 Å². The molecule has 0 aliphatic carbocycles. The minimum Gasteiger partial charge on any atom is -0.444 e. The Morgan fingerprint density at radius 3 is 2.54 bits per heavy atom. The summed E-state index contributed by atoms with van der Waals surface area (Å²) < 4.78 is 5.24. The summed E-state index contributed by atoms with van der Waals surface area (Å²) in [5.41, 5.74) is -0.236. The molecule has 0 radical (unpaired) electrons. The second kappa shape index (κ2) is 7.02. The van der Waals surface area contributed by atoms with E-state index in [1.165, 1.54) is 0 Å². The standard InChI is InChI=1S/C16H25N5O3/c1-16(2,3)24-15(23)17-11-8-9-21(10-11)14(22)12-6-7-13(19-18-12)20(4)5/h6-7,11H,8-10H2,1-5H3,(H,17,23). The van der Waals surface area contributed by atoms with Gasteiger partial charge in [0.25, 0.3) is 5.91 Å². The average Bonchev–Trinajstić information content (AvgIpc) is 2.92. The van der Waals surface area contributed by atoms with Gasteiger partial charge in [0.1, 0.15) is 5.60 Å². The highest BCUT2D eigenvalue weighted by molar-refractivity contribution is 5.92. The Morgan fingerprint density at radius 2 is 2.00 bits per heavy atom. The van der Waals surface area contributed by atoms with E-state index in [0.29, 0.717) is 31.0 Å². The lowest BCUT2D eigenvalue weighted by Crippen LogP contribution is -2.41. The monoisotopic (exact) mass is 335 g/mol. The summed E-state index contributed by atoms with van der Waals surface area (Å²) in [7, 11) is 3.72. The van der Waals surface area contributed by atoms with Crippen LogP contribution in [0.3, 0.4) is 0 Å². The summed E-state index contributed by atoms with van der Waals surface area (Å²) in [5.74, 6) is 0.513. The molecule has 1 N–H and O–H groups in total. The highest BCUT2D eigenvalue weighted by Crippen LogP contribution is 2.15. The first-order chi connectivity index (χ1) is 11.2. The van der Waals surface area contributed by atoms with Crippen LogP contribution in [0.25, 0.3) is 0 Å². The maximum atomic E-state index is 12.5. The van der Waals surface area contributed by atoms with E-state index < -0.39 is 11.7 Å². The van der Waals surface area contributed by atoms with Crippen molar-refractivity contribution in [2.45, 2.75) is 38.8 Å². The number of carbonyl (C=O) groups is 2. The highest BCUT2D eigenvalue weighted by atomic mass is 16.6. The van der Waals surface area contributed by atoms with E-state index >= 15 is 0 Å². The Kier molecular flexibility index (Phi) is 5.26. The number of hydrogen-bond acceptors (Lipinski definition) is 6. The maximum absolute atomic E-state index is 12.5. The van der Waals surface area contributed by atoms with Crippen LogP contribution in [0, 0.1) is 0 Å². The van der Waals surface area contributed by atoms with Crippen molar-refractivity contribution in [3.05, 3.63) is 17.8 Å². The minimum absolute atomic E-state index is 0.113. The Labute approximate surface area is 142 Å². The number of aromatic nitrogens is 2. The minimum atomic E-state index is -0.540. The van der Waals surface area contributed by atoms with E-state index in [1.54, 1.807) is 17.0 Å². The fraction of sp³-hybridized carbons (Fsp3) is 0.625. The van der Waals surface area contributed by atoms with Crippen LogP contribution in [0.2, 0.25) is 0 Å². The largest absolute Gasteiger partial charge is 0.444 e. The zero-order valence-corrected chi connectivity index (χ0v) is 14.9. The number of hydrogen-bond donors (Lipinski definition) is 1. The summed E-state index contributed by atoms with van der Waals surface area (Å²) in [6.07, 6.45) is 0.228. The van der Waals surface area contributed by atoms with Crippen LogP contribution in [-0.2, 0) is 4.74 Å². The molecule has 8 nitrogen and oxygen atoms in total. The molecular formula is C16H25N5O3. The average molecular weight is 335 g/mol. The molecule has 1 aliphatic rings. The Morgan fingerprint density at radius 1 is 1.29 bits per heavy atom. The number of amides is 2.